The Kier molecular flexibility index (Phi) is 5.59. The SMILES string of the molecule is CN1C(=O)C(Cc2ccc(F)cc2)N(C)C(=O)/C1=C\c1c([N+](=O)[O-])ccc(F)c1F. The molecule has 156 valence electrons. The van der Waals surface area contributed by atoms with E-state index in [0.717, 1.165) is 21.9 Å². The number of carbonyl (C=O) groups excluding carboxylic acids is 2. The first-order valence-electron chi connectivity index (χ1n) is 8.75. The van der Waals surface area contributed by atoms with Crippen molar-refractivity contribution >= 4 is 23.6 Å². The Bertz CT molecular complexity index is 1070. The predicted octanol–water partition coefficient (Wildman–Crippen LogP) is 2.89. The number of hydrogen-bond donors (Lipinski definition) is 0. The highest BCUT2D eigenvalue weighted by Gasteiger charge is 2.39. The standard InChI is InChI=1S/C20H16F3N3O4/c1-24-16(9-11-3-5-12(21)6-4-11)19(27)25(2)17(20(24)28)10-13-15(26(29)30)8-7-14(22)18(13)23/h3-8,10,16H,9H2,1-2H3/b17-10+. The smallest absolute Gasteiger partial charge is 0.279 e. The molecular formula is C20H16F3N3O4. The average molecular weight is 419 g/mol. The maximum Gasteiger partial charge on any atom is 0.279 e. The predicted molar refractivity (Wildman–Crippen MR) is 100 cm³/mol. The minimum atomic E-state index is -1.50. The highest BCUT2D eigenvalue weighted by molar-refractivity contribution is 6.07. The number of halogens is 3. The van der Waals surface area contributed by atoms with Crippen molar-refractivity contribution < 1.29 is 27.7 Å². The number of hydrogen-bond acceptors (Lipinski definition) is 4. The van der Waals surface area contributed by atoms with Gasteiger partial charge in [0.2, 0.25) is 5.91 Å². The molecule has 0 N–H and O–H groups in total. The first-order valence-corrected chi connectivity index (χ1v) is 8.75. The van der Waals surface area contributed by atoms with Crippen LogP contribution in [-0.2, 0) is 16.0 Å². The molecule has 0 spiro atoms. The van der Waals surface area contributed by atoms with E-state index in [0.29, 0.717) is 11.6 Å². The summed E-state index contributed by atoms with van der Waals surface area (Å²) in [7, 11) is 2.62. The molecule has 1 saturated heterocycles. The van der Waals surface area contributed by atoms with Crippen LogP contribution in [0.15, 0.2) is 42.1 Å². The summed E-state index contributed by atoms with van der Waals surface area (Å²) in [6.07, 6.45) is 0.898. The Morgan fingerprint density at radius 1 is 1.07 bits per heavy atom. The third kappa shape index (κ3) is 3.76. The molecule has 1 aliphatic rings. The lowest BCUT2D eigenvalue weighted by atomic mass is 9.99. The molecule has 1 aliphatic heterocycles. The van der Waals surface area contributed by atoms with E-state index in [9.17, 15) is 32.9 Å². The fraction of sp³-hybridized carbons (Fsp3) is 0.200. The summed E-state index contributed by atoms with van der Waals surface area (Å²) < 4.78 is 41.0. The van der Waals surface area contributed by atoms with Crippen molar-refractivity contribution in [2.24, 2.45) is 0 Å². The quantitative estimate of drug-likeness (QED) is 0.433. The van der Waals surface area contributed by atoms with Crippen LogP contribution < -0.4 is 0 Å². The third-order valence-electron chi connectivity index (χ3n) is 4.91. The molecule has 0 saturated carbocycles. The molecule has 1 fully saturated rings. The first kappa shape index (κ1) is 21.0. The summed E-state index contributed by atoms with van der Waals surface area (Å²) in [5.74, 6) is -4.51. The fourth-order valence-electron chi connectivity index (χ4n) is 3.19. The lowest BCUT2D eigenvalue weighted by Gasteiger charge is -2.38. The average Bonchev–Trinajstić information content (AvgIpc) is 2.71. The van der Waals surface area contributed by atoms with Crippen molar-refractivity contribution in [3.05, 3.63) is 80.8 Å². The Morgan fingerprint density at radius 3 is 2.30 bits per heavy atom. The van der Waals surface area contributed by atoms with Gasteiger partial charge in [0.25, 0.3) is 11.6 Å². The number of nitro groups is 1. The number of likely N-dealkylation sites (N-methyl/N-ethyl adjacent to an activating group) is 2. The highest BCUT2D eigenvalue weighted by atomic mass is 19.2. The number of carbonyl (C=O) groups is 2. The van der Waals surface area contributed by atoms with Crippen LogP contribution in [0.5, 0.6) is 0 Å². The van der Waals surface area contributed by atoms with Crippen LogP contribution >= 0.6 is 0 Å². The molecule has 3 rings (SSSR count). The molecule has 10 heteroatoms. The normalized spacial score (nSPS) is 18.3. The molecule has 1 unspecified atom stereocenters. The molecule has 7 nitrogen and oxygen atoms in total. The van der Waals surface area contributed by atoms with Gasteiger partial charge in [-0.05, 0) is 29.8 Å². The molecule has 1 atom stereocenters. The molecule has 0 radical (unpaired) electrons. The van der Waals surface area contributed by atoms with E-state index < -0.39 is 51.5 Å². The van der Waals surface area contributed by atoms with Crippen LogP contribution in [-0.4, -0.2) is 46.7 Å². The van der Waals surface area contributed by atoms with Gasteiger partial charge in [0.15, 0.2) is 11.6 Å². The summed E-state index contributed by atoms with van der Waals surface area (Å²) in [5.41, 5.74) is -1.22. The summed E-state index contributed by atoms with van der Waals surface area (Å²) >= 11 is 0. The molecule has 0 aromatic heterocycles. The molecular weight excluding hydrogens is 403 g/mol. The van der Waals surface area contributed by atoms with Crippen molar-refractivity contribution in [3.63, 3.8) is 0 Å². The number of nitrogens with zero attached hydrogens (tertiary/aromatic N) is 3. The van der Waals surface area contributed by atoms with E-state index in [4.69, 9.17) is 0 Å². The number of rotatable bonds is 4. The van der Waals surface area contributed by atoms with Gasteiger partial charge in [-0.1, -0.05) is 12.1 Å². The maximum absolute atomic E-state index is 14.2. The molecule has 2 aromatic rings. The van der Waals surface area contributed by atoms with Crippen molar-refractivity contribution in [2.45, 2.75) is 12.5 Å². The molecule has 1 heterocycles. The molecule has 2 amide bonds. The van der Waals surface area contributed by atoms with E-state index in [1.807, 2.05) is 0 Å². The largest absolute Gasteiger partial charge is 0.328 e. The zero-order chi connectivity index (χ0) is 22.2. The lowest BCUT2D eigenvalue weighted by molar-refractivity contribution is -0.385. The summed E-state index contributed by atoms with van der Waals surface area (Å²) in [6, 6.07) is 5.89. The zero-order valence-corrected chi connectivity index (χ0v) is 15.9. The van der Waals surface area contributed by atoms with Crippen LogP contribution in [0.1, 0.15) is 11.1 Å². The summed E-state index contributed by atoms with van der Waals surface area (Å²) in [5, 5.41) is 11.2. The monoisotopic (exact) mass is 419 g/mol. The van der Waals surface area contributed by atoms with Gasteiger partial charge >= 0.3 is 0 Å². The first-order chi connectivity index (χ1) is 14.1. The van der Waals surface area contributed by atoms with Gasteiger partial charge in [0, 0.05) is 26.6 Å². The Balaban J connectivity index is 1.99. The van der Waals surface area contributed by atoms with Crippen LogP contribution in [0.3, 0.4) is 0 Å². The van der Waals surface area contributed by atoms with Gasteiger partial charge in [-0.2, -0.15) is 0 Å². The van der Waals surface area contributed by atoms with E-state index in [1.165, 1.54) is 38.4 Å². The molecule has 0 bridgehead atoms. The Labute approximate surface area is 169 Å². The van der Waals surface area contributed by atoms with Gasteiger partial charge in [-0.15, -0.1) is 0 Å². The molecule has 2 aromatic carbocycles. The van der Waals surface area contributed by atoms with Crippen molar-refractivity contribution in [3.8, 4) is 0 Å². The Hall–Kier alpha value is -3.69. The maximum atomic E-state index is 14.2. The lowest BCUT2D eigenvalue weighted by Crippen LogP contribution is -2.56. The van der Waals surface area contributed by atoms with Crippen molar-refractivity contribution in [1.82, 2.24) is 9.80 Å². The summed E-state index contributed by atoms with van der Waals surface area (Å²) in [4.78, 5) is 38.0. The minimum Gasteiger partial charge on any atom is -0.328 e. The van der Waals surface area contributed by atoms with Gasteiger partial charge < -0.3 is 9.80 Å². The van der Waals surface area contributed by atoms with E-state index >= 15 is 0 Å². The van der Waals surface area contributed by atoms with Crippen molar-refractivity contribution in [2.75, 3.05) is 14.1 Å². The second-order valence-electron chi connectivity index (χ2n) is 6.74. The number of amides is 2. The second-order valence-corrected chi connectivity index (χ2v) is 6.74. The van der Waals surface area contributed by atoms with Crippen molar-refractivity contribution in [1.29, 1.82) is 0 Å². The fourth-order valence-corrected chi connectivity index (χ4v) is 3.19. The number of benzene rings is 2. The van der Waals surface area contributed by atoms with Crippen LogP contribution in [0, 0.1) is 27.6 Å². The summed E-state index contributed by atoms with van der Waals surface area (Å²) in [6.45, 7) is 0. The third-order valence-corrected chi connectivity index (χ3v) is 4.91. The second kappa shape index (κ2) is 7.97. The van der Waals surface area contributed by atoms with E-state index in [1.54, 1.807) is 0 Å². The van der Waals surface area contributed by atoms with E-state index in [-0.39, 0.29) is 12.1 Å². The number of piperazine rings is 1. The van der Waals surface area contributed by atoms with Crippen LogP contribution in [0.2, 0.25) is 0 Å². The van der Waals surface area contributed by atoms with Crippen LogP contribution in [0.4, 0.5) is 18.9 Å². The van der Waals surface area contributed by atoms with Gasteiger partial charge in [0.05, 0.1) is 10.5 Å². The van der Waals surface area contributed by atoms with Gasteiger partial charge in [-0.3, -0.25) is 19.7 Å². The zero-order valence-electron chi connectivity index (χ0n) is 15.9. The van der Waals surface area contributed by atoms with Crippen LogP contribution in [0.25, 0.3) is 6.08 Å². The van der Waals surface area contributed by atoms with E-state index in [2.05, 4.69) is 0 Å². The minimum absolute atomic E-state index is 0.105. The number of nitro benzene ring substituents is 1. The topological polar surface area (TPSA) is 83.8 Å². The highest BCUT2D eigenvalue weighted by Crippen LogP contribution is 2.29. The van der Waals surface area contributed by atoms with Gasteiger partial charge in [0.1, 0.15) is 17.6 Å². The van der Waals surface area contributed by atoms with Gasteiger partial charge in [-0.25, -0.2) is 13.2 Å². The Morgan fingerprint density at radius 2 is 1.70 bits per heavy atom. The molecule has 0 aliphatic carbocycles. The molecule has 30 heavy (non-hydrogen) atoms.